The summed E-state index contributed by atoms with van der Waals surface area (Å²) in [5.74, 6) is 2.01. The molecule has 1 aliphatic rings. The number of rotatable bonds is 7. The van der Waals surface area contributed by atoms with Crippen LogP contribution in [0, 0.1) is 19.8 Å². The van der Waals surface area contributed by atoms with E-state index in [-0.39, 0.29) is 5.91 Å². The van der Waals surface area contributed by atoms with Crippen LogP contribution in [0.3, 0.4) is 0 Å². The van der Waals surface area contributed by atoms with Crippen molar-refractivity contribution in [3.8, 4) is 0 Å². The van der Waals surface area contributed by atoms with Gasteiger partial charge in [0.1, 0.15) is 11.5 Å². The number of nitrogens with one attached hydrogen (secondary N) is 1. The van der Waals surface area contributed by atoms with Gasteiger partial charge in [-0.3, -0.25) is 9.69 Å². The predicted octanol–water partition coefficient (Wildman–Crippen LogP) is 2.76. The van der Waals surface area contributed by atoms with E-state index in [1.807, 2.05) is 19.9 Å². The van der Waals surface area contributed by atoms with Crippen LogP contribution < -0.4 is 5.32 Å². The molecule has 2 rings (SSSR count). The highest BCUT2D eigenvalue weighted by molar-refractivity contribution is 5.95. The van der Waals surface area contributed by atoms with Crippen molar-refractivity contribution < 1.29 is 13.9 Å². The molecule has 1 fully saturated rings. The summed E-state index contributed by atoms with van der Waals surface area (Å²) >= 11 is 0. The summed E-state index contributed by atoms with van der Waals surface area (Å²) in [6, 6.07) is 2.18. The standard InChI is InChI=1S/C18H30N2O3/c1-5-15(6-2)17(20-7-9-22-10-8-20)12-19-18(21)16-11-13(3)23-14(16)4/h11,15,17H,5-10,12H2,1-4H3,(H,19,21)/t17-/m1/s1. The number of nitrogens with zero attached hydrogens (tertiary/aromatic N) is 1. The van der Waals surface area contributed by atoms with Gasteiger partial charge in [0.05, 0.1) is 18.8 Å². The minimum Gasteiger partial charge on any atom is -0.466 e. The van der Waals surface area contributed by atoms with Gasteiger partial charge < -0.3 is 14.5 Å². The maximum Gasteiger partial charge on any atom is 0.254 e. The largest absolute Gasteiger partial charge is 0.466 e. The number of morpholine rings is 1. The molecule has 0 unspecified atom stereocenters. The Balaban J connectivity index is 2.02. The topological polar surface area (TPSA) is 54.7 Å². The molecule has 1 aromatic heterocycles. The average molecular weight is 322 g/mol. The Hall–Kier alpha value is -1.33. The fourth-order valence-electron chi connectivity index (χ4n) is 3.48. The second kappa shape index (κ2) is 8.50. The van der Waals surface area contributed by atoms with E-state index in [2.05, 4.69) is 24.1 Å². The van der Waals surface area contributed by atoms with E-state index in [4.69, 9.17) is 9.15 Å². The van der Waals surface area contributed by atoms with Crippen molar-refractivity contribution in [2.24, 2.45) is 5.92 Å². The molecule has 0 bridgehead atoms. The number of hydrogen-bond donors (Lipinski definition) is 1. The first kappa shape index (κ1) is 18.0. The highest BCUT2D eigenvalue weighted by Gasteiger charge is 2.27. The fraction of sp³-hybridized carbons (Fsp3) is 0.722. The van der Waals surface area contributed by atoms with Crippen molar-refractivity contribution in [2.75, 3.05) is 32.8 Å². The summed E-state index contributed by atoms with van der Waals surface area (Å²) in [6.45, 7) is 12.3. The Kier molecular flexibility index (Phi) is 6.66. The van der Waals surface area contributed by atoms with Crippen molar-refractivity contribution in [3.05, 3.63) is 23.2 Å². The number of ether oxygens (including phenoxy) is 1. The molecular weight excluding hydrogens is 292 g/mol. The zero-order valence-electron chi connectivity index (χ0n) is 14.9. The van der Waals surface area contributed by atoms with Crippen LogP contribution in [0.15, 0.2) is 10.5 Å². The van der Waals surface area contributed by atoms with Gasteiger partial charge in [-0.25, -0.2) is 0 Å². The second-order valence-corrected chi connectivity index (χ2v) is 6.33. The van der Waals surface area contributed by atoms with Gasteiger partial charge in [-0.15, -0.1) is 0 Å². The zero-order valence-corrected chi connectivity index (χ0v) is 14.9. The van der Waals surface area contributed by atoms with Crippen molar-refractivity contribution in [1.29, 1.82) is 0 Å². The number of carbonyl (C=O) groups is 1. The Labute approximate surface area is 139 Å². The monoisotopic (exact) mass is 322 g/mol. The van der Waals surface area contributed by atoms with Gasteiger partial charge in [-0.1, -0.05) is 26.7 Å². The van der Waals surface area contributed by atoms with Crippen molar-refractivity contribution in [2.45, 2.75) is 46.6 Å². The van der Waals surface area contributed by atoms with Crippen LogP contribution >= 0.6 is 0 Å². The molecule has 130 valence electrons. The molecule has 0 spiro atoms. The third kappa shape index (κ3) is 4.58. The van der Waals surface area contributed by atoms with E-state index in [1.165, 1.54) is 0 Å². The first-order chi connectivity index (χ1) is 11.1. The molecule has 1 N–H and O–H groups in total. The molecule has 2 heterocycles. The predicted molar refractivity (Wildman–Crippen MR) is 90.8 cm³/mol. The van der Waals surface area contributed by atoms with Crippen LogP contribution in [0.25, 0.3) is 0 Å². The third-order valence-corrected chi connectivity index (χ3v) is 4.86. The van der Waals surface area contributed by atoms with E-state index in [9.17, 15) is 4.79 Å². The zero-order chi connectivity index (χ0) is 16.8. The van der Waals surface area contributed by atoms with E-state index in [0.717, 1.165) is 44.9 Å². The smallest absolute Gasteiger partial charge is 0.254 e. The summed E-state index contributed by atoms with van der Waals surface area (Å²) in [5, 5.41) is 3.12. The molecule has 5 nitrogen and oxygen atoms in total. The lowest BCUT2D eigenvalue weighted by molar-refractivity contribution is 0.00191. The molecule has 0 aromatic carbocycles. The van der Waals surface area contributed by atoms with Crippen molar-refractivity contribution >= 4 is 5.91 Å². The molecule has 5 heteroatoms. The van der Waals surface area contributed by atoms with Gasteiger partial charge >= 0.3 is 0 Å². The Morgan fingerprint density at radius 2 is 1.91 bits per heavy atom. The lowest BCUT2D eigenvalue weighted by Crippen LogP contribution is -2.52. The minimum atomic E-state index is -0.0384. The Morgan fingerprint density at radius 1 is 1.26 bits per heavy atom. The van der Waals surface area contributed by atoms with Crippen LogP contribution in [0.2, 0.25) is 0 Å². The normalized spacial score (nSPS) is 17.4. The Bertz CT molecular complexity index is 502. The number of hydrogen-bond acceptors (Lipinski definition) is 4. The molecule has 1 amide bonds. The summed E-state index contributed by atoms with van der Waals surface area (Å²) in [5.41, 5.74) is 0.646. The maximum absolute atomic E-state index is 12.5. The van der Waals surface area contributed by atoms with Crippen LogP contribution in [-0.4, -0.2) is 49.7 Å². The lowest BCUT2D eigenvalue weighted by Gasteiger charge is -2.38. The molecule has 1 saturated heterocycles. The molecular formula is C18H30N2O3. The van der Waals surface area contributed by atoms with E-state index in [0.29, 0.717) is 29.8 Å². The fourth-order valence-corrected chi connectivity index (χ4v) is 3.48. The summed E-state index contributed by atoms with van der Waals surface area (Å²) in [7, 11) is 0. The highest BCUT2D eigenvalue weighted by Crippen LogP contribution is 2.20. The van der Waals surface area contributed by atoms with Gasteiger partial charge in [0.2, 0.25) is 0 Å². The first-order valence-electron chi connectivity index (χ1n) is 8.73. The number of amides is 1. The molecule has 23 heavy (non-hydrogen) atoms. The number of aryl methyl sites for hydroxylation is 2. The number of furan rings is 1. The van der Waals surface area contributed by atoms with Gasteiger partial charge in [0.15, 0.2) is 0 Å². The number of carbonyl (C=O) groups excluding carboxylic acids is 1. The summed E-state index contributed by atoms with van der Waals surface area (Å²) in [4.78, 5) is 14.9. The van der Waals surface area contributed by atoms with E-state index in [1.54, 1.807) is 0 Å². The quantitative estimate of drug-likeness (QED) is 0.839. The van der Waals surface area contributed by atoms with Crippen LogP contribution in [0.4, 0.5) is 0 Å². The molecule has 1 aromatic rings. The van der Waals surface area contributed by atoms with Gasteiger partial charge in [-0.05, 0) is 25.8 Å². The molecule has 0 saturated carbocycles. The SMILES string of the molecule is CCC(CC)[C@@H](CNC(=O)c1cc(C)oc1C)N1CCOCC1. The van der Waals surface area contributed by atoms with Crippen molar-refractivity contribution in [1.82, 2.24) is 10.2 Å². The Morgan fingerprint density at radius 3 is 2.43 bits per heavy atom. The highest BCUT2D eigenvalue weighted by atomic mass is 16.5. The van der Waals surface area contributed by atoms with E-state index < -0.39 is 0 Å². The summed E-state index contributed by atoms with van der Waals surface area (Å²) < 4.78 is 10.9. The lowest BCUT2D eigenvalue weighted by atomic mass is 9.92. The van der Waals surface area contributed by atoms with Gasteiger partial charge in [0, 0.05) is 25.7 Å². The average Bonchev–Trinajstić information content (AvgIpc) is 2.90. The molecule has 0 aliphatic carbocycles. The van der Waals surface area contributed by atoms with Crippen molar-refractivity contribution in [3.63, 3.8) is 0 Å². The molecule has 1 aliphatic heterocycles. The maximum atomic E-state index is 12.5. The van der Waals surface area contributed by atoms with Gasteiger partial charge in [0.25, 0.3) is 5.91 Å². The minimum absolute atomic E-state index is 0.0384. The van der Waals surface area contributed by atoms with E-state index >= 15 is 0 Å². The van der Waals surface area contributed by atoms with Crippen LogP contribution in [-0.2, 0) is 4.74 Å². The first-order valence-corrected chi connectivity index (χ1v) is 8.73. The van der Waals surface area contributed by atoms with Crippen LogP contribution in [0.5, 0.6) is 0 Å². The molecule has 0 radical (unpaired) electrons. The van der Waals surface area contributed by atoms with Gasteiger partial charge in [-0.2, -0.15) is 0 Å². The molecule has 1 atom stereocenters. The second-order valence-electron chi connectivity index (χ2n) is 6.33. The summed E-state index contributed by atoms with van der Waals surface area (Å²) in [6.07, 6.45) is 2.25. The van der Waals surface area contributed by atoms with Crippen LogP contribution in [0.1, 0.15) is 48.6 Å². The third-order valence-electron chi connectivity index (χ3n) is 4.86.